The second-order valence-corrected chi connectivity index (χ2v) is 31.7. The maximum Gasteiger partial charge on any atom is 0.261 e. The third-order valence-corrected chi connectivity index (χ3v) is 25.7. The first kappa shape index (κ1) is 49.7. The zero-order chi connectivity index (χ0) is 48.9. The van der Waals surface area contributed by atoms with E-state index < -0.39 is 48.6 Å². The van der Waals surface area contributed by atoms with Crippen LogP contribution in [0.3, 0.4) is 0 Å². The summed E-state index contributed by atoms with van der Waals surface area (Å²) in [6.45, 7) is 21.5. The first-order valence-corrected chi connectivity index (χ1v) is 28.7. The molecule has 6 aromatic rings. The van der Waals surface area contributed by atoms with Gasteiger partial charge in [0.2, 0.25) is 20.9 Å². The molecule has 0 saturated heterocycles. The van der Waals surface area contributed by atoms with Gasteiger partial charge in [-0.05, 0) is 62.5 Å². The predicted octanol–water partition coefficient (Wildman–Crippen LogP) is 10.2. The van der Waals surface area contributed by atoms with Crippen LogP contribution in [0.15, 0.2) is 90.1 Å². The summed E-state index contributed by atoms with van der Waals surface area (Å²) in [7, 11) is -6.37. The van der Waals surface area contributed by atoms with Crippen LogP contribution in [0.2, 0.25) is 21.7 Å². The number of pyridine rings is 1. The minimum atomic E-state index is -4.12. The number of anilines is 1. The van der Waals surface area contributed by atoms with Crippen molar-refractivity contribution in [2.24, 2.45) is 0 Å². The lowest BCUT2D eigenvalue weighted by Gasteiger charge is -2.46. The van der Waals surface area contributed by atoms with Gasteiger partial charge in [-0.15, -0.1) is 5.54 Å². The highest BCUT2D eigenvalue weighted by Crippen LogP contribution is 2.46. The summed E-state index contributed by atoms with van der Waals surface area (Å²) >= 11 is 0. The Morgan fingerprint density at radius 2 is 1.46 bits per heavy atom. The molecular formula is C52H62F2N4O6SSi2. The van der Waals surface area contributed by atoms with Gasteiger partial charge in [0.1, 0.15) is 48.7 Å². The Hall–Kier alpha value is -5.25. The number of ether oxygens (including phenoxy) is 3. The Morgan fingerprint density at radius 3 is 2.00 bits per heavy atom. The molecule has 10 nitrogen and oxygen atoms in total. The third kappa shape index (κ3) is 8.87. The van der Waals surface area contributed by atoms with Gasteiger partial charge in [-0.2, -0.15) is 0 Å². The average molecular weight is 965 g/mol. The van der Waals surface area contributed by atoms with Crippen molar-refractivity contribution in [2.45, 2.75) is 102 Å². The van der Waals surface area contributed by atoms with E-state index in [0.29, 0.717) is 16.5 Å². The smallest absolute Gasteiger partial charge is 0.261 e. The molecule has 67 heavy (non-hydrogen) atoms. The summed E-state index contributed by atoms with van der Waals surface area (Å²) in [5, 5.41) is 2.10. The summed E-state index contributed by atoms with van der Waals surface area (Å²) in [6, 6.07) is 26.7. The Balaban J connectivity index is 1.47. The first-order valence-electron chi connectivity index (χ1n) is 22.7. The summed E-state index contributed by atoms with van der Waals surface area (Å²) in [6.07, 6.45) is 0.979. The van der Waals surface area contributed by atoms with Gasteiger partial charge in [0, 0.05) is 31.4 Å². The van der Waals surface area contributed by atoms with Gasteiger partial charge in [0.15, 0.2) is 12.6 Å². The Labute approximate surface area is 396 Å². The van der Waals surface area contributed by atoms with Crippen LogP contribution in [0.25, 0.3) is 32.9 Å². The molecule has 0 fully saturated rings. The van der Waals surface area contributed by atoms with Gasteiger partial charge in [0.25, 0.3) is 8.32 Å². The molecule has 1 atom stereocenters. The van der Waals surface area contributed by atoms with Crippen molar-refractivity contribution in [3.63, 3.8) is 0 Å². The van der Waals surface area contributed by atoms with Crippen LogP contribution >= 0.6 is 0 Å². The third-order valence-electron chi connectivity index (χ3n) is 13.6. The number of aromatic nitrogens is 3. The molecule has 0 amide bonds. The lowest BCUT2D eigenvalue weighted by atomic mass is 9.95. The van der Waals surface area contributed by atoms with Gasteiger partial charge in [-0.1, -0.05) is 135 Å². The topological polar surface area (TPSA) is 113 Å². The minimum absolute atomic E-state index is 0.0329. The van der Waals surface area contributed by atoms with Crippen LogP contribution in [0.4, 0.5) is 14.6 Å². The summed E-state index contributed by atoms with van der Waals surface area (Å²) in [5.41, 5.74) is 3.04. The van der Waals surface area contributed by atoms with E-state index in [2.05, 4.69) is 108 Å². The van der Waals surface area contributed by atoms with Crippen molar-refractivity contribution >= 4 is 64.1 Å². The quantitative estimate of drug-likeness (QED) is 0.0480. The second kappa shape index (κ2) is 18.7. The van der Waals surface area contributed by atoms with Crippen molar-refractivity contribution in [1.29, 1.82) is 0 Å². The fraction of sp³-hybridized carbons (Fsp3) is 0.404. The van der Waals surface area contributed by atoms with E-state index in [1.54, 1.807) is 30.1 Å². The molecule has 1 aliphatic heterocycles. The Morgan fingerprint density at radius 1 is 0.866 bits per heavy atom. The SMILES string of the molecule is COCOc1cc(-c2nc3c4c(nc(S(C)(=O)=O)nc4c2F)N(C)C(C)(CO[Si](c2ccccc2)(c2ccccc2)C(C)(C)C)CO3)c2c(C#C[Si](C(C)C)(C(C)C)C(C)C)c(F)ccc2c1. The van der Waals surface area contributed by atoms with Gasteiger partial charge < -0.3 is 23.5 Å². The molecule has 354 valence electrons. The van der Waals surface area contributed by atoms with Crippen LogP contribution < -0.4 is 24.7 Å². The van der Waals surface area contributed by atoms with Crippen molar-refractivity contribution < 1.29 is 35.8 Å². The van der Waals surface area contributed by atoms with Gasteiger partial charge >= 0.3 is 0 Å². The second-order valence-electron chi connectivity index (χ2n) is 19.9. The van der Waals surface area contributed by atoms with E-state index in [-0.39, 0.29) is 81.1 Å². The molecular weight excluding hydrogens is 903 g/mol. The number of benzene rings is 4. The highest BCUT2D eigenvalue weighted by molar-refractivity contribution is 7.90. The van der Waals surface area contributed by atoms with E-state index in [1.807, 2.05) is 43.3 Å². The number of methoxy groups -OCH3 is 1. The maximum atomic E-state index is 17.9. The largest absolute Gasteiger partial charge is 0.474 e. The molecule has 3 heterocycles. The number of rotatable bonds is 13. The number of likely N-dealkylation sites (N-methyl/N-ethyl adjacent to an activating group) is 1. The van der Waals surface area contributed by atoms with Gasteiger partial charge in [0.05, 0.1) is 17.7 Å². The van der Waals surface area contributed by atoms with E-state index in [9.17, 15) is 8.42 Å². The van der Waals surface area contributed by atoms with E-state index in [0.717, 1.165) is 16.6 Å². The summed E-state index contributed by atoms with van der Waals surface area (Å²) in [5.74, 6) is 2.13. The van der Waals surface area contributed by atoms with Crippen molar-refractivity contribution in [3.8, 4) is 34.4 Å². The molecule has 0 N–H and O–H groups in total. The van der Waals surface area contributed by atoms with E-state index in [1.165, 1.54) is 13.2 Å². The highest BCUT2D eigenvalue weighted by atomic mass is 32.2. The monoisotopic (exact) mass is 964 g/mol. The molecule has 0 spiro atoms. The number of fused-ring (bicyclic) bond motifs is 1. The molecule has 1 aliphatic rings. The van der Waals surface area contributed by atoms with Gasteiger partial charge in [-0.25, -0.2) is 32.2 Å². The zero-order valence-corrected chi connectivity index (χ0v) is 43.7. The predicted molar refractivity (Wildman–Crippen MR) is 270 cm³/mol. The van der Waals surface area contributed by atoms with Crippen LogP contribution in [-0.4, -0.2) is 85.7 Å². The fourth-order valence-corrected chi connectivity index (χ4v) is 20.5. The number of hydrogen-bond acceptors (Lipinski definition) is 10. The van der Waals surface area contributed by atoms with Crippen LogP contribution in [0, 0.1) is 23.1 Å². The van der Waals surface area contributed by atoms with Gasteiger partial charge in [-0.3, -0.25) is 0 Å². The minimum Gasteiger partial charge on any atom is -0.474 e. The maximum absolute atomic E-state index is 17.9. The molecule has 1 unspecified atom stereocenters. The lowest BCUT2D eigenvalue weighted by molar-refractivity contribution is 0.0512. The number of hydrogen-bond donors (Lipinski definition) is 0. The Bertz CT molecular complexity index is 2930. The molecule has 0 bridgehead atoms. The molecule has 2 aromatic heterocycles. The first-order chi connectivity index (χ1) is 31.5. The van der Waals surface area contributed by atoms with Crippen molar-refractivity contribution in [3.05, 3.63) is 102 Å². The highest BCUT2D eigenvalue weighted by Gasteiger charge is 2.52. The number of nitrogens with zero attached hydrogens (tertiary/aromatic N) is 4. The summed E-state index contributed by atoms with van der Waals surface area (Å²) in [4.78, 5) is 15.7. The standard InChI is InChI=1S/C52H62F2N4O6SSi2/c1-33(2)66(34(3)4,35(5)6)27-26-40-42(53)25-24-36-28-37(63-32-61-12)29-41(43(36)40)46-45(54)47-44-48(57-50(56-47)65(13,59)60)58(11)52(10,30-62-49(44)55-46)31-64-67(51(7,8)9,38-20-16-14-17-21-38)39-22-18-15-19-23-39/h14-25,28-29,33-35H,30-32H2,1-13H3. The number of halogens is 2. The normalized spacial score (nSPS) is 15.8. The molecule has 0 saturated carbocycles. The van der Waals surface area contributed by atoms with Crippen LogP contribution in [-0.2, 0) is 19.0 Å². The molecule has 4 aromatic carbocycles. The average Bonchev–Trinajstić information content (AvgIpc) is 3.37. The molecule has 15 heteroatoms. The Kier molecular flexibility index (Phi) is 13.8. The van der Waals surface area contributed by atoms with Crippen molar-refractivity contribution in [2.75, 3.05) is 45.3 Å². The fourth-order valence-electron chi connectivity index (χ4n) is 10.1. The molecule has 0 radical (unpaired) electrons. The van der Waals surface area contributed by atoms with E-state index >= 15 is 8.78 Å². The number of sulfone groups is 1. The van der Waals surface area contributed by atoms with Crippen molar-refractivity contribution in [1.82, 2.24) is 15.0 Å². The van der Waals surface area contributed by atoms with Crippen LogP contribution in [0.5, 0.6) is 11.6 Å². The molecule has 7 rings (SSSR count). The molecule has 0 aliphatic carbocycles. The zero-order valence-electron chi connectivity index (χ0n) is 40.8. The summed E-state index contributed by atoms with van der Waals surface area (Å²) < 4.78 is 86.6. The van der Waals surface area contributed by atoms with Crippen LogP contribution in [0.1, 0.15) is 74.8 Å². The van der Waals surface area contributed by atoms with E-state index in [4.69, 9.17) is 23.6 Å². The lowest BCUT2D eigenvalue weighted by Crippen LogP contribution is -2.68.